The smallest absolute Gasteiger partial charge is 0.272 e. The molecule has 2 N–H and O–H groups in total. The van der Waals surface area contributed by atoms with Crippen molar-refractivity contribution in [3.63, 3.8) is 0 Å². The molecule has 0 aliphatic rings. The quantitative estimate of drug-likeness (QED) is 0.593. The van der Waals surface area contributed by atoms with E-state index in [0.717, 1.165) is 26.5 Å². The summed E-state index contributed by atoms with van der Waals surface area (Å²) in [6.45, 7) is 0. The highest BCUT2D eigenvalue weighted by Gasteiger charge is 2.12. The first-order valence-electron chi connectivity index (χ1n) is 6.95. The van der Waals surface area contributed by atoms with Crippen molar-refractivity contribution < 1.29 is 5.11 Å². The molecule has 0 aliphatic carbocycles. The number of aromatic amines is 1. The molecule has 0 atom stereocenters. The SMILES string of the molecule is O=c1[nH]nc(-c2ccc(-c3ccc(O)cn3)s2)c2ccccc12. The molecule has 0 fully saturated rings. The van der Waals surface area contributed by atoms with Gasteiger partial charge in [0.05, 0.1) is 27.0 Å². The van der Waals surface area contributed by atoms with Gasteiger partial charge < -0.3 is 5.11 Å². The van der Waals surface area contributed by atoms with Crippen molar-refractivity contribution in [3.05, 3.63) is 65.1 Å². The lowest BCUT2D eigenvalue weighted by Gasteiger charge is -2.02. The van der Waals surface area contributed by atoms with Gasteiger partial charge in [0.2, 0.25) is 0 Å². The number of aromatic nitrogens is 3. The predicted octanol–water partition coefficient (Wildman–Crippen LogP) is 3.42. The Labute approximate surface area is 134 Å². The monoisotopic (exact) mass is 321 g/mol. The molecule has 1 aromatic carbocycles. The molecule has 0 unspecified atom stereocenters. The van der Waals surface area contributed by atoms with Crippen LogP contribution in [0.5, 0.6) is 5.75 Å². The highest BCUT2D eigenvalue weighted by molar-refractivity contribution is 7.18. The summed E-state index contributed by atoms with van der Waals surface area (Å²) in [5.74, 6) is 0.138. The molecule has 0 spiro atoms. The standard InChI is InChI=1S/C17H11N3O2S/c21-10-5-6-13(18-9-10)14-7-8-15(23-14)16-11-3-1-2-4-12(11)17(22)20-19-16/h1-9,21H,(H,20,22). The summed E-state index contributed by atoms with van der Waals surface area (Å²) in [6, 6.07) is 14.7. The third-order valence-corrected chi connectivity index (χ3v) is 4.65. The van der Waals surface area contributed by atoms with Crippen LogP contribution < -0.4 is 5.56 Å². The van der Waals surface area contributed by atoms with Gasteiger partial charge in [-0.3, -0.25) is 9.78 Å². The fraction of sp³-hybridized carbons (Fsp3) is 0. The number of nitrogens with zero attached hydrogens (tertiary/aromatic N) is 2. The zero-order valence-electron chi connectivity index (χ0n) is 11.9. The third-order valence-electron chi connectivity index (χ3n) is 3.54. The Balaban J connectivity index is 1.85. The Hall–Kier alpha value is -2.99. The summed E-state index contributed by atoms with van der Waals surface area (Å²) in [4.78, 5) is 18.0. The van der Waals surface area contributed by atoms with Crippen molar-refractivity contribution in [1.82, 2.24) is 15.2 Å². The van der Waals surface area contributed by atoms with Gasteiger partial charge >= 0.3 is 0 Å². The first kappa shape index (κ1) is 13.7. The molecule has 3 aromatic heterocycles. The maximum Gasteiger partial charge on any atom is 0.272 e. The number of benzene rings is 1. The van der Waals surface area contributed by atoms with Crippen molar-refractivity contribution in [2.45, 2.75) is 0 Å². The van der Waals surface area contributed by atoms with Crippen LogP contribution in [0, 0.1) is 0 Å². The minimum absolute atomic E-state index is 0.138. The Morgan fingerprint density at radius 3 is 2.52 bits per heavy atom. The number of pyridine rings is 1. The van der Waals surface area contributed by atoms with Crippen LogP contribution in [0.4, 0.5) is 0 Å². The van der Waals surface area contributed by atoms with Crippen molar-refractivity contribution in [2.24, 2.45) is 0 Å². The van der Waals surface area contributed by atoms with Crippen LogP contribution in [0.2, 0.25) is 0 Å². The molecule has 0 amide bonds. The van der Waals surface area contributed by atoms with Crippen molar-refractivity contribution in [2.75, 3.05) is 0 Å². The molecule has 4 rings (SSSR count). The molecule has 0 saturated carbocycles. The van der Waals surface area contributed by atoms with Gasteiger partial charge in [-0.2, -0.15) is 5.10 Å². The van der Waals surface area contributed by atoms with Crippen LogP contribution in [0.25, 0.3) is 31.9 Å². The lowest BCUT2D eigenvalue weighted by molar-refractivity contribution is 0.473. The Kier molecular flexibility index (Phi) is 3.17. The van der Waals surface area contributed by atoms with Gasteiger partial charge in [0.1, 0.15) is 11.4 Å². The summed E-state index contributed by atoms with van der Waals surface area (Å²) in [5, 5.41) is 17.5. The van der Waals surface area contributed by atoms with Gasteiger partial charge in [-0.05, 0) is 30.3 Å². The molecule has 5 nitrogen and oxygen atoms in total. The Bertz CT molecular complexity index is 1050. The predicted molar refractivity (Wildman–Crippen MR) is 90.6 cm³/mol. The summed E-state index contributed by atoms with van der Waals surface area (Å²) in [6.07, 6.45) is 1.42. The second-order valence-corrected chi connectivity index (χ2v) is 6.10. The van der Waals surface area contributed by atoms with Gasteiger partial charge in [-0.25, -0.2) is 5.10 Å². The van der Waals surface area contributed by atoms with E-state index in [1.165, 1.54) is 17.5 Å². The number of fused-ring (bicyclic) bond motifs is 1. The minimum Gasteiger partial charge on any atom is -0.506 e. The first-order chi connectivity index (χ1) is 11.2. The molecule has 6 heteroatoms. The average Bonchev–Trinajstić information content (AvgIpc) is 3.06. The number of rotatable bonds is 2. The third kappa shape index (κ3) is 2.39. The van der Waals surface area contributed by atoms with E-state index in [1.54, 1.807) is 18.2 Å². The second kappa shape index (κ2) is 5.33. The zero-order valence-corrected chi connectivity index (χ0v) is 12.7. The summed E-state index contributed by atoms with van der Waals surface area (Å²) in [7, 11) is 0. The van der Waals surface area contributed by atoms with Gasteiger partial charge in [0.25, 0.3) is 5.56 Å². The molecule has 23 heavy (non-hydrogen) atoms. The van der Waals surface area contributed by atoms with Gasteiger partial charge in [-0.15, -0.1) is 11.3 Å². The van der Waals surface area contributed by atoms with Crippen molar-refractivity contribution in [3.8, 4) is 26.9 Å². The maximum atomic E-state index is 11.9. The van der Waals surface area contributed by atoms with Crippen LogP contribution in [0.3, 0.4) is 0 Å². The fourth-order valence-corrected chi connectivity index (χ4v) is 3.42. The molecule has 112 valence electrons. The number of hydrogen-bond acceptors (Lipinski definition) is 5. The van der Waals surface area contributed by atoms with E-state index >= 15 is 0 Å². The molecule has 4 aromatic rings. The van der Waals surface area contributed by atoms with Crippen LogP contribution in [-0.4, -0.2) is 20.3 Å². The van der Waals surface area contributed by atoms with E-state index < -0.39 is 0 Å². The molecule has 0 bridgehead atoms. The summed E-state index contributed by atoms with van der Waals surface area (Å²) >= 11 is 1.54. The van der Waals surface area contributed by atoms with Crippen LogP contribution in [-0.2, 0) is 0 Å². The molecule has 3 heterocycles. The number of aromatic hydroxyl groups is 1. The van der Waals surface area contributed by atoms with E-state index in [9.17, 15) is 9.90 Å². The summed E-state index contributed by atoms with van der Waals surface area (Å²) < 4.78 is 0. The van der Waals surface area contributed by atoms with Crippen LogP contribution in [0.1, 0.15) is 0 Å². The van der Waals surface area contributed by atoms with E-state index in [4.69, 9.17) is 0 Å². The molecule has 0 aliphatic heterocycles. The molecular weight excluding hydrogens is 310 g/mol. The molecule has 0 saturated heterocycles. The van der Waals surface area contributed by atoms with Gasteiger partial charge in [0.15, 0.2) is 0 Å². The van der Waals surface area contributed by atoms with Crippen molar-refractivity contribution in [1.29, 1.82) is 0 Å². The van der Waals surface area contributed by atoms with Gasteiger partial charge in [0, 0.05) is 5.39 Å². The summed E-state index contributed by atoms with van der Waals surface area (Å²) in [5.41, 5.74) is 1.34. The normalized spacial score (nSPS) is 11.0. The Morgan fingerprint density at radius 2 is 1.74 bits per heavy atom. The minimum atomic E-state index is -0.193. The highest BCUT2D eigenvalue weighted by Crippen LogP contribution is 2.35. The number of nitrogens with one attached hydrogen (secondary N) is 1. The van der Waals surface area contributed by atoms with Gasteiger partial charge in [-0.1, -0.05) is 18.2 Å². The van der Waals surface area contributed by atoms with E-state index in [1.807, 2.05) is 30.3 Å². The number of hydrogen-bond donors (Lipinski definition) is 2. The maximum absolute atomic E-state index is 11.9. The first-order valence-corrected chi connectivity index (χ1v) is 7.77. The fourth-order valence-electron chi connectivity index (χ4n) is 2.44. The number of thiophene rings is 1. The van der Waals surface area contributed by atoms with E-state index in [2.05, 4.69) is 15.2 Å². The van der Waals surface area contributed by atoms with E-state index in [-0.39, 0.29) is 11.3 Å². The van der Waals surface area contributed by atoms with Crippen LogP contribution >= 0.6 is 11.3 Å². The zero-order chi connectivity index (χ0) is 15.8. The lowest BCUT2D eigenvalue weighted by Crippen LogP contribution is -2.08. The Morgan fingerprint density at radius 1 is 0.957 bits per heavy atom. The molecular formula is C17H11N3O2S. The topological polar surface area (TPSA) is 78.9 Å². The largest absolute Gasteiger partial charge is 0.506 e. The van der Waals surface area contributed by atoms with Crippen LogP contribution in [0.15, 0.2) is 59.5 Å². The lowest BCUT2D eigenvalue weighted by atomic mass is 10.1. The molecule has 0 radical (unpaired) electrons. The van der Waals surface area contributed by atoms with E-state index in [0.29, 0.717) is 5.39 Å². The van der Waals surface area contributed by atoms with Crippen molar-refractivity contribution >= 4 is 22.1 Å². The average molecular weight is 321 g/mol. The number of H-pyrrole nitrogens is 1. The second-order valence-electron chi connectivity index (χ2n) is 5.01. The highest BCUT2D eigenvalue weighted by atomic mass is 32.1.